The smallest absolute Gasteiger partial charge is 0.254 e. The number of carbonyl (C=O) groups excluding carboxylic acids is 1. The van der Waals surface area contributed by atoms with E-state index in [0.717, 1.165) is 25.3 Å². The molecule has 2 saturated heterocycles. The number of ether oxygens (including phenoxy) is 2. The molecule has 2 aromatic heterocycles. The van der Waals surface area contributed by atoms with E-state index >= 15 is 0 Å². The number of carbonyl (C=O) groups is 1. The Hall–Kier alpha value is -2.47. The van der Waals surface area contributed by atoms with E-state index < -0.39 is 0 Å². The maximum atomic E-state index is 12.6. The lowest BCUT2D eigenvalue weighted by molar-refractivity contribution is 0.0672. The molecule has 0 aromatic carbocycles. The first-order valence-corrected chi connectivity index (χ1v) is 8.65. The number of nitrogens with zero attached hydrogens (tertiary/aromatic N) is 3. The predicted octanol–water partition coefficient (Wildman–Crippen LogP) is 2.03. The van der Waals surface area contributed by atoms with Gasteiger partial charge in [-0.15, -0.1) is 0 Å². The average Bonchev–Trinajstić information content (AvgIpc) is 3.24. The van der Waals surface area contributed by atoms with Gasteiger partial charge in [-0.3, -0.25) is 14.8 Å². The Morgan fingerprint density at radius 1 is 1.20 bits per heavy atom. The molecular formula is C19H21N3O3. The van der Waals surface area contributed by atoms with E-state index in [1.165, 1.54) is 0 Å². The summed E-state index contributed by atoms with van der Waals surface area (Å²) in [6.45, 7) is 2.82. The lowest BCUT2D eigenvalue weighted by atomic mass is 9.91. The number of amides is 1. The Labute approximate surface area is 146 Å². The SMILES string of the molecule is O=C(c1ccncc1)N1C[C@H]2[C@@H](CCOc3cccnc3)CO[C@H]2C1. The molecular weight excluding hydrogens is 318 g/mol. The number of aromatic nitrogens is 2. The molecule has 1 amide bonds. The van der Waals surface area contributed by atoms with Crippen molar-refractivity contribution in [2.24, 2.45) is 11.8 Å². The lowest BCUT2D eigenvalue weighted by Crippen LogP contribution is -2.31. The molecule has 0 spiro atoms. The average molecular weight is 339 g/mol. The Morgan fingerprint density at radius 2 is 2.08 bits per heavy atom. The third-order valence-corrected chi connectivity index (χ3v) is 5.05. The minimum Gasteiger partial charge on any atom is -0.492 e. The Morgan fingerprint density at radius 3 is 2.88 bits per heavy atom. The van der Waals surface area contributed by atoms with Crippen molar-refractivity contribution in [2.45, 2.75) is 12.5 Å². The van der Waals surface area contributed by atoms with Crippen LogP contribution >= 0.6 is 0 Å². The van der Waals surface area contributed by atoms with Gasteiger partial charge in [-0.2, -0.15) is 0 Å². The fourth-order valence-corrected chi connectivity index (χ4v) is 3.70. The first kappa shape index (κ1) is 16.0. The highest BCUT2D eigenvalue weighted by molar-refractivity contribution is 5.94. The molecule has 0 aliphatic carbocycles. The number of likely N-dealkylation sites (tertiary alicyclic amines) is 1. The molecule has 2 aliphatic heterocycles. The Balaban J connectivity index is 1.31. The van der Waals surface area contributed by atoms with Gasteiger partial charge in [-0.05, 0) is 36.6 Å². The number of hydrogen-bond donors (Lipinski definition) is 0. The van der Waals surface area contributed by atoms with Crippen molar-refractivity contribution in [2.75, 3.05) is 26.3 Å². The molecule has 4 rings (SSSR count). The van der Waals surface area contributed by atoms with E-state index in [0.29, 0.717) is 30.6 Å². The van der Waals surface area contributed by atoms with Gasteiger partial charge in [0.1, 0.15) is 5.75 Å². The summed E-state index contributed by atoms with van der Waals surface area (Å²) in [4.78, 5) is 22.5. The molecule has 0 N–H and O–H groups in total. The van der Waals surface area contributed by atoms with Crippen molar-refractivity contribution in [3.8, 4) is 5.75 Å². The van der Waals surface area contributed by atoms with Crippen molar-refractivity contribution in [3.05, 3.63) is 54.6 Å². The largest absolute Gasteiger partial charge is 0.492 e. The van der Waals surface area contributed by atoms with E-state index in [4.69, 9.17) is 9.47 Å². The zero-order valence-corrected chi connectivity index (χ0v) is 14.0. The number of pyridine rings is 2. The van der Waals surface area contributed by atoms with Gasteiger partial charge >= 0.3 is 0 Å². The van der Waals surface area contributed by atoms with Gasteiger partial charge in [0.05, 0.1) is 25.5 Å². The lowest BCUT2D eigenvalue weighted by Gasteiger charge is -2.20. The van der Waals surface area contributed by atoms with Gasteiger partial charge < -0.3 is 14.4 Å². The normalized spacial score (nSPS) is 25.0. The van der Waals surface area contributed by atoms with Crippen LogP contribution < -0.4 is 4.74 Å². The molecule has 0 unspecified atom stereocenters. The maximum absolute atomic E-state index is 12.6. The third kappa shape index (κ3) is 3.49. The Bertz CT molecular complexity index is 710. The molecule has 0 bridgehead atoms. The minimum atomic E-state index is 0.0609. The second kappa shape index (κ2) is 7.19. The molecule has 4 heterocycles. The minimum absolute atomic E-state index is 0.0609. The van der Waals surface area contributed by atoms with E-state index in [1.807, 2.05) is 17.0 Å². The quantitative estimate of drug-likeness (QED) is 0.834. The van der Waals surface area contributed by atoms with Crippen LogP contribution in [-0.2, 0) is 4.74 Å². The molecule has 3 atom stereocenters. The van der Waals surface area contributed by atoms with E-state index in [9.17, 15) is 4.79 Å². The summed E-state index contributed by atoms with van der Waals surface area (Å²) in [5.74, 6) is 1.67. The van der Waals surface area contributed by atoms with Crippen LogP contribution in [0.15, 0.2) is 49.1 Å². The Kier molecular flexibility index (Phi) is 4.61. The van der Waals surface area contributed by atoms with Gasteiger partial charge in [-0.1, -0.05) is 0 Å². The monoisotopic (exact) mass is 339 g/mol. The highest BCUT2D eigenvalue weighted by Gasteiger charge is 2.45. The van der Waals surface area contributed by atoms with Gasteiger partial charge in [0.15, 0.2) is 0 Å². The third-order valence-electron chi connectivity index (χ3n) is 5.05. The van der Waals surface area contributed by atoms with Gasteiger partial charge in [0.2, 0.25) is 0 Å². The van der Waals surface area contributed by atoms with Crippen LogP contribution in [0.25, 0.3) is 0 Å². The topological polar surface area (TPSA) is 64.6 Å². The fraction of sp³-hybridized carbons (Fsp3) is 0.421. The second-order valence-corrected chi connectivity index (χ2v) is 6.57. The van der Waals surface area contributed by atoms with Crippen LogP contribution in [0.1, 0.15) is 16.8 Å². The van der Waals surface area contributed by atoms with E-state index in [-0.39, 0.29) is 12.0 Å². The summed E-state index contributed by atoms with van der Waals surface area (Å²) >= 11 is 0. The number of fused-ring (bicyclic) bond motifs is 1. The molecule has 0 radical (unpaired) electrons. The predicted molar refractivity (Wildman–Crippen MR) is 91.2 cm³/mol. The standard InChI is InChI=1S/C19H21N3O3/c23-19(14-3-7-20-8-4-14)22-11-17-15(13-25-18(17)12-22)5-9-24-16-2-1-6-21-10-16/h1-4,6-8,10,15,17-18H,5,9,11-13H2/t15-,17-,18-/m0/s1. The molecule has 25 heavy (non-hydrogen) atoms. The van der Waals surface area contributed by atoms with Crippen LogP contribution in [0.4, 0.5) is 0 Å². The van der Waals surface area contributed by atoms with Crippen LogP contribution in [0, 0.1) is 11.8 Å². The fourth-order valence-electron chi connectivity index (χ4n) is 3.70. The molecule has 2 aromatic rings. The summed E-state index contributed by atoms with van der Waals surface area (Å²) in [7, 11) is 0. The zero-order chi connectivity index (χ0) is 17.1. The van der Waals surface area contributed by atoms with E-state index in [2.05, 4.69) is 9.97 Å². The van der Waals surface area contributed by atoms with Gasteiger partial charge in [0, 0.05) is 43.2 Å². The summed E-state index contributed by atoms with van der Waals surface area (Å²) in [5.41, 5.74) is 0.687. The van der Waals surface area contributed by atoms with Gasteiger partial charge in [-0.25, -0.2) is 0 Å². The summed E-state index contributed by atoms with van der Waals surface area (Å²) in [5, 5.41) is 0. The van der Waals surface area contributed by atoms with Crippen molar-refractivity contribution >= 4 is 5.91 Å². The van der Waals surface area contributed by atoms with Gasteiger partial charge in [0.25, 0.3) is 5.91 Å². The first-order chi connectivity index (χ1) is 12.3. The van der Waals surface area contributed by atoms with Crippen molar-refractivity contribution in [1.29, 1.82) is 0 Å². The molecule has 130 valence electrons. The summed E-state index contributed by atoms with van der Waals surface area (Å²) < 4.78 is 11.7. The highest BCUT2D eigenvalue weighted by Crippen LogP contribution is 2.36. The first-order valence-electron chi connectivity index (χ1n) is 8.65. The molecule has 2 fully saturated rings. The van der Waals surface area contributed by atoms with Crippen LogP contribution in [0.5, 0.6) is 5.75 Å². The molecule has 0 saturated carbocycles. The maximum Gasteiger partial charge on any atom is 0.254 e. The summed E-state index contributed by atoms with van der Waals surface area (Å²) in [6.07, 6.45) is 7.83. The van der Waals surface area contributed by atoms with Crippen LogP contribution in [0.3, 0.4) is 0 Å². The molecule has 6 nitrogen and oxygen atoms in total. The molecule has 6 heteroatoms. The second-order valence-electron chi connectivity index (χ2n) is 6.57. The highest BCUT2D eigenvalue weighted by atomic mass is 16.5. The molecule has 2 aliphatic rings. The number of rotatable bonds is 5. The number of hydrogen-bond acceptors (Lipinski definition) is 5. The zero-order valence-electron chi connectivity index (χ0n) is 14.0. The van der Waals surface area contributed by atoms with Crippen molar-refractivity contribution in [3.63, 3.8) is 0 Å². The van der Waals surface area contributed by atoms with E-state index in [1.54, 1.807) is 36.9 Å². The summed E-state index contributed by atoms with van der Waals surface area (Å²) in [6, 6.07) is 7.29. The van der Waals surface area contributed by atoms with Crippen molar-refractivity contribution < 1.29 is 14.3 Å². The van der Waals surface area contributed by atoms with Crippen LogP contribution in [0.2, 0.25) is 0 Å². The van der Waals surface area contributed by atoms with Crippen molar-refractivity contribution in [1.82, 2.24) is 14.9 Å². The van der Waals surface area contributed by atoms with Crippen LogP contribution in [-0.4, -0.2) is 53.2 Å².